The first-order valence-electron chi connectivity index (χ1n) is 6.38. The number of imidazole rings is 1. The molecule has 1 aliphatic rings. The summed E-state index contributed by atoms with van der Waals surface area (Å²) in [4.78, 5) is 3.59. The van der Waals surface area contributed by atoms with E-state index in [9.17, 15) is 13.2 Å². The van der Waals surface area contributed by atoms with Crippen LogP contribution in [0.15, 0.2) is 30.5 Å². The lowest BCUT2D eigenvalue weighted by Crippen LogP contribution is -2.25. The Morgan fingerprint density at radius 2 is 1.95 bits per heavy atom. The van der Waals surface area contributed by atoms with Crippen LogP contribution in [0.2, 0.25) is 0 Å². The number of hydrogen-bond donors (Lipinski definition) is 1. The second kappa shape index (κ2) is 4.54. The highest BCUT2D eigenvalue weighted by Crippen LogP contribution is 2.32. The topological polar surface area (TPSA) is 29.9 Å². The number of alkyl halides is 3. The third-order valence-electron chi connectivity index (χ3n) is 3.54. The fourth-order valence-corrected chi connectivity index (χ4v) is 2.41. The number of fused-ring (bicyclic) bond motifs is 1. The van der Waals surface area contributed by atoms with Crippen LogP contribution < -0.4 is 5.32 Å². The van der Waals surface area contributed by atoms with Gasteiger partial charge in [-0.3, -0.25) is 0 Å². The second-order valence-electron chi connectivity index (χ2n) is 5.09. The van der Waals surface area contributed by atoms with E-state index in [0.29, 0.717) is 19.0 Å². The lowest BCUT2D eigenvalue weighted by Gasteiger charge is -2.25. The minimum atomic E-state index is -4.40. The molecule has 3 rings (SSSR count). The number of anilines is 1. The van der Waals surface area contributed by atoms with Crippen LogP contribution in [0.25, 0.3) is 0 Å². The molecule has 2 aromatic rings. The SMILES string of the molecule is Cc1ccc(C2CNc3nc(C(F)(F)F)cn3C2)cc1. The molecule has 1 aliphatic heterocycles. The van der Waals surface area contributed by atoms with Gasteiger partial charge in [-0.05, 0) is 12.5 Å². The molecule has 0 saturated heterocycles. The third-order valence-corrected chi connectivity index (χ3v) is 3.54. The summed E-state index contributed by atoms with van der Waals surface area (Å²) in [7, 11) is 0. The lowest BCUT2D eigenvalue weighted by molar-refractivity contribution is -0.140. The predicted molar refractivity (Wildman–Crippen MR) is 69.6 cm³/mol. The monoisotopic (exact) mass is 281 g/mol. The van der Waals surface area contributed by atoms with Gasteiger partial charge in [0, 0.05) is 25.2 Å². The molecule has 20 heavy (non-hydrogen) atoms. The Labute approximate surface area is 114 Å². The molecule has 0 saturated carbocycles. The number of aromatic nitrogens is 2. The number of aryl methyl sites for hydroxylation is 1. The first-order valence-corrected chi connectivity index (χ1v) is 6.38. The molecule has 0 aliphatic carbocycles. The van der Waals surface area contributed by atoms with Crippen LogP contribution in [0.1, 0.15) is 22.7 Å². The maximum atomic E-state index is 12.6. The van der Waals surface area contributed by atoms with Crippen LogP contribution in [0.3, 0.4) is 0 Å². The Morgan fingerprint density at radius 1 is 1.25 bits per heavy atom. The van der Waals surface area contributed by atoms with Crippen LogP contribution in [-0.4, -0.2) is 16.1 Å². The molecule has 0 bridgehead atoms. The number of hydrogen-bond acceptors (Lipinski definition) is 2. The maximum Gasteiger partial charge on any atom is 0.434 e. The fraction of sp³-hybridized carbons (Fsp3) is 0.357. The van der Waals surface area contributed by atoms with Crippen molar-refractivity contribution in [2.24, 2.45) is 0 Å². The van der Waals surface area contributed by atoms with Crippen LogP contribution in [0.5, 0.6) is 0 Å². The second-order valence-corrected chi connectivity index (χ2v) is 5.09. The van der Waals surface area contributed by atoms with Gasteiger partial charge in [-0.15, -0.1) is 0 Å². The normalized spacial score (nSPS) is 18.5. The summed E-state index contributed by atoms with van der Waals surface area (Å²) in [5.74, 6) is 0.444. The van der Waals surface area contributed by atoms with E-state index in [4.69, 9.17) is 0 Å². The molecule has 1 N–H and O–H groups in total. The Hall–Kier alpha value is -1.98. The number of nitrogens with zero attached hydrogens (tertiary/aromatic N) is 2. The summed E-state index contributed by atoms with van der Waals surface area (Å²) in [5.41, 5.74) is 1.45. The molecular weight excluding hydrogens is 267 g/mol. The average Bonchev–Trinajstić information content (AvgIpc) is 2.82. The standard InChI is InChI=1S/C14H14F3N3/c1-9-2-4-10(5-3-9)11-6-18-13-19-12(14(15,16)17)8-20(13)7-11/h2-5,8,11H,6-7H2,1H3,(H,18,19). The van der Waals surface area contributed by atoms with Gasteiger partial charge in [0.25, 0.3) is 0 Å². The van der Waals surface area contributed by atoms with Gasteiger partial charge in [0.15, 0.2) is 5.69 Å². The quantitative estimate of drug-likeness (QED) is 0.868. The van der Waals surface area contributed by atoms with Gasteiger partial charge in [-0.25, -0.2) is 4.98 Å². The molecule has 0 amide bonds. The van der Waals surface area contributed by atoms with E-state index in [0.717, 1.165) is 11.8 Å². The zero-order valence-corrected chi connectivity index (χ0v) is 10.9. The van der Waals surface area contributed by atoms with E-state index >= 15 is 0 Å². The van der Waals surface area contributed by atoms with Crippen molar-refractivity contribution in [2.75, 3.05) is 11.9 Å². The predicted octanol–water partition coefficient (Wildman–Crippen LogP) is 3.42. The van der Waals surface area contributed by atoms with Gasteiger partial charge in [-0.2, -0.15) is 13.2 Å². The molecule has 0 fully saturated rings. The van der Waals surface area contributed by atoms with E-state index in [1.54, 1.807) is 0 Å². The van der Waals surface area contributed by atoms with E-state index in [2.05, 4.69) is 10.3 Å². The Balaban J connectivity index is 1.85. The summed E-state index contributed by atoms with van der Waals surface area (Å²) in [6.45, 7) is 3.11. The van der Waals surface area contributed by atoms with E-state index < -0.39 is 11.9 Å². The molecule has 2 heterocycles. The van der Waals surface area contributed by atoms with Gasteiger partial charge in [0.1, 0.15) is 0 Å². The highest BCUT2D eigenvalue weighted by molar-refractivity contribution is 5.36. The first-order chi connectivity index (χ1) is 9.43. The Kier molecular flexibility index (Phi) is 2.96. The van der Waals surface area contributed by atoms with Crippen molar-refractivity contribution in [2.45, 2.75) is 25.6 Å². The van der Waals surface area contributed by atoms with Gasteiger partial charge < -0.3 is 9.88 Å². The van der Waals surface area contributed by atoms with E-state index in [1.807, 2.05) is 31.2 Å². The van der Waals surface area contributed by atoms with Crippen molar-refractivity contribution in [1.82, 2.24) is 9.55 Å². The van der Waals surface area contributed by atoms with E-state index in [1.165, 1.54) is 10.1 Å². The molecule has 3 nitrogen and oxygen atoms in total. The van der Waals surface area contributed by atoms with Crippen molar-refractivity contribution >= 4 is 5.95 Å². The van der Waals surface area contributed by atoms with Crippen LogP contribution in [0, 0.1) is 6.92 Å². The molecule has 106 valence electrons. The first kappa shape index (κ1) is 13.0. The number of rotatable bonds is 1. The Morgan fingerprint density at radius 3 is 2.60 bits per heavy atom. The smallest absolute Gasteiger partial charge is 0.355 e. The van der Waals surface area contributed by atoms with Crippen molar-refractivity contribution in [3.05, 3.63) is 47.3 Å². The molecule has 1 unspecified atom stereocenters. The van der Waals surface area contributed by atoms with Crippen LogP contribution in [0.4, 0.5) is 19.1 Å². The molecule has 0 spiro atoms. The minimum Gasteiger partial charge on any atom is -0.355 e. The van der Waals surface area contributed by atoms with Gasteiger partial charge in [0.2, 0.25) is 5.95 Å². The largest absolute Gasteiger partial charge is 0.434 e. The summed E-state index contributed by atoms with van der Waals surface area (Å²) in [5, 5.41) is 2.97. The lowest BCUT2D eigenvalue weighted by atomic mass is 9.97. The summed E-state index contributed by atoms with van der Waals surface area (Å²) in [6.07, 6.45) is -3.33. The summed E-state index contributed by atoms with van der Waals surface area (Å²) in [6, 6.07) is 8.07. The summed E-state index contributed by atoms with van der Waals surface area (Å²) < 4.78 is 39.4. The average molecular weight is 281 g/mol. The zero-order valence-electron chi connectivity index (χ0n) is 10.9. The number of halogens is 3. The molecule has 1 atom stereocenters. The van der Waals surface area contributed by atoms with Crippen LogP contribution in [-0.2, 0) is 12.7 Å². The van der Waals surface area contributed by atoms with Crippen molar-refractivity contribution in [3.63, 3.8) is 0 Å². The third kappa shape index (κ3) is 2.37. The van der Waals surface area contributed by atoms with E-state index in [-0.39, 0.29) is 5.92 Å². The maximum absolute atomic E-state index is 12.6. The van der Waals surface area contributed by atoms with Crippen molar-refractivity contribution < 1.29 is 13.2 Å². The molecular formula is C14H14F3N3. The fourth-order valence-electron chi connectivity index (χ4n) is 2.41. The molecule has 1 aromatic carbocycles. The molecule has 6 heteroatoms. The van der Waals surface area contributed by atoms with Crippen molar-refractivity contribution in [1.29, 1.82) is 0 Å². The van der Waals surface area contributed by atoms with Gasteiger partial charge in [-0.1, -0.05) is 29.8 Å². The molecule has 0 radical (unpaired) electrons. The number of nitrogens with one attached hydrogen (secondary N) is 1. The Bertz CT molecular complexity index is 614. The highest BCUT2D eigenvalue weighted by atomic mass is 19.4. The summed E-state index contributed by atoms with van der Waals surface area (Å²) >= 11 is 0. The number of benzene rings is 1. The van der Waals surface area contributed by atoms with Gasteiger partial charge >= 0.3 is 6.18 Å². The highest BCUT2D eigenvalue weighted by Gasteiger charge is 2.35. The minimum absolute atomic E-state index is 0.151. The van der Waals surface area contributed by atoms with Gasteiger partial charge in [0.05, 0.1) is 0 Å². The molecule has 1 aromatic heterocycles. The van der Waals surface area contributed by atoms with Crippen LogP contribution >= 0.6 is 0 Å². The van der Waals surface area contributed by atoms with Crippen molar-refractivity contribution in [3.8, 4) is 0 Å². The zero-order chi connectivity index (χ0) is 14.3.